The summed E-state index contributed by atoms with van der Waals surface area (Å²) >= 11 is 3.33. The molecule has 0 bridgehead atoms. The molecule has 2 rings (SSSR count). The van der Waals surface area contributed by atoms with Gasteiger partial charge < -0.3 is 10.0 Å². The summed E-state index contributed by atoms with van der Waals surface area (Å²) in [6.07, 6.45) is 0.361. The number of hydrogen-bond donors (Lipinski definition) is 1. The first-order chi connectivity index (χ1) is 7.99. The molecular weight excluding hydrogens is 293 g/mol. The monoisotopic (exact) mass is 301 g/mol. The van der Waals surface area contributed by atoms with Gasteiger partial charge >= 0.3 is 5.97 Å². The Morgan fingerprint density at radius 3 is 2.76 bits per heavy atom. The van der Waals surface area contributed by atoms with Crippen molar-refractivity contribution in [1.82, 2.24) is 0 Å². The lowest BCUT2D eigenvalue weighted by atomic mass is 10.2. The zero-order valence-corrected chi connectivity index (χ0v) is 10.3. The molecule has 1 amide bonds. The van der Waals surface area contributed by atoms with E-state index in [0.717, 1.165) is 6.07 Å². The molecule has 1 unspecified atom stereocenters. The number of nitrogens with zero attached hydrogens (tertiary/aromatic N) is 1. The molecule has 17 heavy (non-hydrogen) atoms. The second kappa shape index (κ2) is 4.44. The summed E-state index contributed by atoms with van der Waals surface area (Å²) in [5, 5.41) is 8.80. The topological polar surface area (TPSA) is 57.6 Å². The van der Waals surface area contributed by atoms with Gasteiger partial charge in [0.05, 0.1) is 5.56 Å². The molecule has 1 saturated heterocycles. The number of carboxylic acid groups (broad SMARTS) is 1. The Kier molecular flexibility index (Phi) is 3.15. The molecule has 1 atom stereocenters. The number of hydrogen-bond acceptors (Lipinski definition) is 2. The standard InChI is InChI=1S/C11H9BrFNO3/c12-6-3-10(15)14(5-6)7-1-2-9(13)8(4-7)11(16)17/h1-2,4,6H,3,5H2,(H,16,17). The van der Waals surface area contributed by atoms with Gasteiger partial charge in [-0.1, -0.05) is 15.9 Å². The van der Waals surface area contributed by atoms with Crippen molar-refractivity contribution in [3.05, 3.63) is 29.6 Å². The summed E-state index contributed by atoms with van der Waals surface area (Å²) in [6.45, 7) is 0.462. The predicted octanol–water partition coefficient (Wildman–Crippen LogP) is 2.02. The molecule has 6 heteroatoms. The lowest BCUT2D eigenvalue weighted by Gasteiger charge is -2.16. The molecule has 0 aliphatic carbocycles. The normalized spacial score (nSPS) is 19.8. The van der Waals surface area contributed by atoms with Gasteiger partial charge in [-0.15, -0.1) is 0 Å². The maximum absolute atomic E-state index is 13.2. The number of amides is 1. The molecule has 1 N–H and O–H groups in total. The zero-order chi connectivity index (χ0) is 12.6. The SMILES string of the molecule is O=C(O)c1cc(N2CC(Br)CC2=O)ccc1F. The van der Waals surface area contributed by atoms with E-state index in [1.165, 1.54) is 17.0 Å². The highest BCUT2D eigenvalue weighted by atomic mass is 79.9. The highest BCUT2D eigenvalue weighted by Crippen LogP contribution is 2.26. The Morgan fingerprint density at radius 2 is 2.24 bits per heavy atom. The molecule has 1 aromatic carbocycles. The van der Waals surface area contributed by atoms with Crippen molar-refractivity contribution in [2.45, 2.75) is 11.2 Å². The molecule has 0 radical (unpaired) electrons. The lowest BCUT2D eigenvalue weighted by Crippen LogP contribution is -2.24. The molecule has 0 aromatic heterocycles. The van der Waals surface area contributed by atoms with Gasteiger partial charge in [-0.2, -0.15) is 0 Å². The van der Waals surface area contributed by atoms with Gasteiger partial charge in [0.1, 0.15) is 5.82 Å². The lowest BCUT2D eigenvalue weighted by molar-refractivity contribution is -0.117. The van der Waals surface area contributed by atoms with Crippen LogP contribution < -0.4 is 4.90 Å². The van der Waals surface area contributed by atoms with Crippen LogP contribution in [0.4, 0.5) is 10.1 Å². The Labute approximate surface area is 105 Å². The van der Waals surface area contributed by atoms with Crippen LogP contribution in [0.15, 0.2) is 18.2 Å². The Hall–Kier alpha value is -1.43. The number of carboxylic acids is 1. The Balaban J connectivity index is 2.37. The quantitative estimate of drug-likeness (QED) is 0.850. The highest BCUT2D eigenvalue weighted by molar-refractivity contribution is 9.09. The third kappa shape index (κ3) is 2.31. The van der Waals surface area contributed by atoms with E-state index in [0.29, 0.717) is 18.7 Å². The number of anilines is 1. The van der Waals surface area contributed by atoms with Crippen LogP contribution in [0.25, 0.3) is 0 Å². The summed E-state index contributed by atoms with van der Waals surface area (Å²) in [7, 11) is 0. The maximum atomic E-state index is 13.2. The van der Waals surface area contributed by atoms with Crippen LogP contribution in [0.3, 0.4) is 0 Å². The van der Waals surface area contributed by atoms with E-state index in [1.54, 1.807) is 0 Å². The number of aromatic carboxylic acids is 1. The van der Waals surface area contributed by atoms with E-state index < -0.39 is 17.3 Å². The fourth-order valence-electron chi connectivity index (χ4n) is 1.76. The molecule has 0 spiro atoms. The molecule has 0 saturated carbocycles. The van der Waals surface area contributed by atoms with Gasteiger partial charge in [0.15, 0.2) is 0 Å². The molecule has 1 aromatic rings. The van der Waals surface area contributed by atoms with Crippen molar-refractivity contribution >= 4 is 33.5 Å². The van der Waals surface area contributed by atoms with Crippen molar-refractivity contribution in [2.75, 3.05) is 11.4 Å². The molecule has 1 aliphatic rings. The van der Waals surface area contributed by atoms with Gasteiger partial charge in [0, 0.05) is 23.5 Å². The van der Waals surface area contributed by atoms with Crippen LogP contribution in [0, 0.1) is 5.82 Å². The maximum Gasteiger partial charge on any atom is 0.338 e. The van der Waals surface area contributed by atoms with Crippen LogP contribution in [0.1, 0.15) is 16.8 Å². The summed E-state index contributed by atoms with van der Waals surface area (Å²) in [5.41, 5.74) is -0.0101. The van der Waals surface area contributed by atoms with Crippen LogP contribution in [0.2, 0.25) is 0 Å². The van der Waals surface area contributed by atoms with E-state index >= 15 is 0 Å². The minimum atomic E-state index is -1.34. The second-order valence-electron chi connectivity index (χ2n) is 3.78. The van der Waals surface area contributed by atoms with Gasteiger partial charge in [0.25, 0.3) is 0 Å². The molecule has 1 aliphatic heterocycles. The second-order valence-corrected chi connectivity index (χ2v) is 5.07. The van der Waals surface area contributed by atoms with E-state index in [-0.39, 0.29) is 10.7 Å². The van der Waals surface area contributed by atoms with E-state index in [4.69, 9.17) is 5.11 Å². The van der Waals surface area contributed by atoms with Crippen LogP contribution in [0.5, 0.6) is 0 Å². The van der Waals surface area contributed by atoms with Gasteiger partial charge in [-0.05, 0) is 18.2 Å². The number of rotatable bonds is 2. The average Bonchev–Trinajstić information content (AvgIpc) is 2.58. The number of halogens is 2. The van der Waals surface area contributed by atoms with Crippen molar-refractivity contribution < 1.29 is 19.1 Å². The minimum absolute atomic E-state index is 0.0494. The van der Waals surface area contributed by atoms with Crippen molar-refractivity contribution in [2.24, 2.45) is 0 Å². The molecule has 4 nitrogen and oxygen atoms in total. The first-order valence-corrected chi connectivity index (χ1v) is 5.88. The fourth-order valence-corrected chi connectivity index (χ4v) is 2.33. The predicted molar refractivity (Wildman–Crippen MR) is 63.0 cm³/mol. The number of carbonyl (C=O) groups is 2. The van der Waals surface area contributed by atoms with E-state index in [1.807, 2.05) is 0 Å². The fraction of sp³-hybridized carbons (Fsp3) is 0.273. The van der Waals surface area contributed by atoms with Crippen molar-refractivity contribution in [3.63, 3.8) is 0 Å². The van der Waals surface area contributed by atoms with Gasteiger partial charge in [-0.25, -0.2) is 9.18 Å². The van der Waals surface area contributed by atoms with E-state index in [9.17, 15) is 14.0 Å². The molecule has 1 heterocycles. The first-order valence-electron chi connectivity index (χ1n) is 4.96. The molecular formula is C11H9BrFNO3. The summed E-state index contributed by atoms with van der Waals surface area (Å²) in [6, 6.07) is 3.65. The highest BCUT2D eigenvalue weighted by Gasteiger charge is 2.29. The Morgan fingerprint density at radius 1 is 1.53 bits per heavy atom. The average molecular weight is 302 g/mol. The van der Waals surface area contributed by atoms with Crippen LogP contribution in [-0.4, -0.2) is 28.4 Å². The minimum Gasteiger partial charge on any atom is -0.478 e. The zero-order valence-electron chi connectivity index (χ0n) is 8.69. The summed E-state index contributed by atoms with van der Waals surface area (Å²) in [5.74, 6) is -2.25. The smallest absolute Gasteiger partial charge is 0.338 e. The number of carbonyl (C=O) groups excluding carboxylic acids is 1. The Bertz CT molecular complexity index is 492. The summed E-state index contributed by atoms with van der Waals surface area (Å²) < 4.78 is 13.2. The number of benzene rings is 1. The largest absolute Gasteiger partial charge is 0.478 e. The van der Waals surface area contributed by atoms with Crippen molar-refractivity contribution in [1.29, 1.82) is 0 Å². The third-order valence-corrected chi connectivity index (χ3v) is 3.18. The summed E-state index contributed by atoms with van der Waals surface area (Å²) in [4.78, 5) is 23.9. The molecule has 90 valence electrons. The molecule has 1 fully saturated rings. The number of alkyl halides is 1. The van der Waals surface area contributed by atoms with Gasteiger partial charge in [0.2, 0.25) is 5.91 Å². The van der Waals surface area contributed by atoms with Crippen molar-refractivity contribution in [3.8, 4) is 0 Å². The third-order valence-electron chi connectivity index (χ3n) is 2.57. The first kappa shape index (κ1) is 12.0. The van der Waals surface area contributed by atoms with Crippen LogP contribution >= 0.6 is 15.9 Å². The van der Waals surface area contributed by atoms with Gasteiger partial charge in [-0.3, -0.25) is 4.79 Å². The van der Waals surface area contributed by atoms with E-state index in [2.05, 4.69) is 15.9 Å². The van der Waals surface area contributed by atoms with Crippen LogP contribution in [-0.2, 0) is 4.79 Å².